The minimum atomic E-state index is -0.536. The molecular weight excluding hydrogens is 385 g/mol. The number of ether oxygens (including phenoxy) is 1. The van der Waals surface area contributed by atoms with Crippen LogP contribution >= 0.6 is 34.8 Å². The number of carbonyl (C=O) groups is 2. The van der Waals surface area contributed by atoms with E-state index in [1.54, 1.807) is 31.2 Å². The van der Waals surface area contributed by atoms with Crippen LogP contribution in [-0.4, -0.2) is 18.5 Å². The maximum Gasteiger partial charge on any atom is 0.339 e. The van der Waals surface area contributed by atoms with Crippen LogP contribution in [-0.2, 0) is 16.0 Å². The number of anilines is 1. The van der Waals surface area contributed by atoms with Crippen LogP contribution in [0.5, 0.6) is 0 Å². The molecule has 2 rings (SSSR count). The molecule has 25 heavy (non-hydrogen) atoms. The molecule has 0 bridgehead atoms. The molecule has 0 aliphatic rings. The van der Waals surface area contributed by atoms with Gasteiger partial charge in [-0.05, 0) is 49.2 Å². The van der Waals surface area contributed by atoms with Crippen LogP contribution < -0.4 is 5.32 Å². The Kier molecular flexibility index (Phi) is 7.12. The van der Waals surface area contributed by atoms with Gasteiger partial charge in [0.15, 0.2) is 0 Å². The van der Waals surface area contributed by atoms with Gasteiger partial charge in [-0.15, -0.1) is 0 Å². The number of benzene rings is 2. The lowest BCUT2D eigenvalue weighted by Crippen LogP contribution is -2.13. The summed E-state index contributed by atoms with van der Waals surface area (Å²) in [7, 11) is 0. The molecule has 0 heterocycles. The van der Waals surface area contributed by atoms with Gasteiger partial charge in [-0.2, -0.15) is 0 Å². The first-order valence-electron chi connectivity index (χ1n) is 7.61. The third kappa shape index (κ3) is 5.36. The van der Waals surface area contributed by atoms with E-state index in [2.05, 4.69) is 5.32 Å². The number of rotatable bonds is 6. The smallest absolute Gasteiger partial charge is 0.339 e. The summed E-state index contributed by atoms with van der Waals surface area (Å²) in [6.07, 6.45) is 0.601. The van der Waals surface area contributed by atoms with Gasteiger partial charge in [0.2, 0.25) is 5.91 Å². The molecular formula is C18H16Cl3NO3. The summed E-state index contributed by atoms with van der Waals surface area (Å²) in [6, 6.07) is 9.84. The predicted octanol–water partition coefficient (Wildman–Crippen LogP) is 5.39. The van der Waals surface area contributed by atoms with Crippen LogP contribution in [0.1, 0.15) is 29.3 Å². The van der Waals surface area contributed by atoms with Crippen molar-refractivity contribution in [1.29, 1.82) is 0 Å². The highest BCUT2D eigenvalue weighted by molar-refractivity contribution is 6.36. The minimum Gasteiger partial charge on any atom is -0.462 e. The Hall–Kier alpha value is -1.75. The Morgan fingerprint density at radius 3 is 2.36 bits per heavy atom. The largest absolute Gasteiger partial charge is 0.462 e. The highest BCUT2D eigenvalue weighted by atomic mass is 35.5. The number of halogens is 3. The van der Waals surface area contributed by atoms with Crippen molar-refractivity contribution in [3.05, 3.63) is 62.6 Å². The van der Waals surface area contributed by atoms with E-state index in [9.17, 15) is 9.59 Å². The maximum atomic E-state index is 12.2. The van der Waals surface area contributed by atoms with Crippen LogP contribution in [0.25, 0.3) is 0 Å². The Balaban J connectivity index is 2.03. The molecule has 0 saturated carbocycles. The molecule has 2 aromatic rings. The van der Waals surface area contributed by atoms with E-state index in [4.69, 9.17) is 39.5 Å². The molecule has 1 N–H and O–H groups in total. The van der Waals surface area contributed by atoms with Crippen molar-refractivity contribution in [2.75, 3.05) is 11.9 Å². The quantitative estimate of drug-likeness (QED) is 0.661. The fraction of sp³-hybridized carbons (Fsp3) is 0.222. The third-order valence-corrected chi connectivity index (χ3v) is 4.45. The zero-order valence-corrected chi connectivity index (χ0v) is 15.7. The van der Waals surface area contributed by atoms with Crippen molar-refractivity contribution in [3.63, 3.8) is 0 Å². The lowest BCUT2D eigenvalue weighted by Gasteiger charge is -2.10. The summed E-state index contributed by atoms with van der Waals surface area (Å²) in [5.41, 5.74) is 1.39. The van der Waals surface area contributed by atoms with Crippen molar-refractivity contribution in [1.82, 2.24) is 0 Å². The second-order valence-electron chi connectivity index (χ2n) is 5.16. The van der Waals surface area contributed by atoms with Crippen molar-refractivity contribution in [2.24, 2.45) is 0 Å². The molecule has 0 saturated heterocycles. The van der Waals surface area contributed by atoms with E-state index in [0.29, 0.717) is 22.2 Å². The number of nitrogens with one attached hydrogen (secondary N) is 1. The zero-order chi connectivity index (χ0) is 18.4. The monoisotopic (exact) mass is 399 g/mol. The molecule has 1 amide bonds. The Bertz CT molecular complexity index is 773. The summed E-state index contributed by atoms with van der Waals surface area (Å²) in [5.74, 6) is -0.764. The van der Waals surface area contributed by atoms with E-state index in [1.165, 1.54) is 12.1 Å². The fourth-order valence-electron chi connectivity index (χ4n) is 2.20. The van der Waals surface area contributed by atoms with E-state index < -0.39 is 5.97 Å². The lowest BCUT2D eigenvalue weighted by molar-refractivity contribution is -0.116. The Morgan fingerprint density at radius 1 is 1.04 bits per heavy atom. The molecule has 0 atom stereocenters. The molecule has 2 aromatic carbocycles. The number of hydrogen-bond acceptors (Lipinski definition) is 3. The summed E-state index contributed by atoms with van der Waals surface area (Å²) in [4.78, 5) is 24.0. The maximum absolute atomic E-state index is 12.2. The van der Waals surface area contributed by atoms with Gasteiger partial charge in [-0.25, -0.2) is 4.79 Å². The molecule has 0 aliphatic heterocycles. The molecule has 7 heteroatoms. The van der Waals surface area contributed by atoms with E-state index in [1.807, 2.05) is 0 Å². The molecule has 0 fully saturated rings. The highest BCUT2D eigenvalue weighted by Crippen LogP contribution is 2.26. The standard InChI is InChI=1S/C18H16Cl3NO3/c1-2-25-18(24)13-10-11(6-8-16(13)21)22-17(23)9-7-12-14(19)4-3-5-15(12)20/h3-6,8,10H,2,7,9H2,1H3,(H,22,23). The van der Waals surface area contributed by atoms with Gasteiger partial charge in [0, 0.05) is 22.2 Å². The number of carbonyl (C=O) groups excluding carboxylic acids is 2. The number of hydrogen-bond donors (Lipinski definition) is 1. The van der Waals surface area contributed by atoms with E-state index >= 15 is 0 Å². The van der Waals surface area contributed by atoms with Gasteiger partial charge in [0.1, 0.15) is 0 Å². The van der Waals surface area contributed by atoms with Gasteiger partial charge in [0.05, 0.1) is 17.2 Å². The van der Waals surface area contributed by atoms with Crippen LogP contribution in [0.4, 0.5) is 5.69 Å². The number of esters is 1. The first-order valence-corrected chi connectivity index (χ1v) is 8.75. The van der Waals surface area contributed by atoms with Crippen LogP contribution in [0.3, 0.4) is 0 Å². The molecule has 0 aliphatic carbocycles. The Labute approximate surface area is 161 Å². The number of amides is 1. The van der Waals surface area contributed by atoms with Crippen molar-refractivity contribution in [3.8, 4) is 0 Å². The van der Waals surface area contributed by atoms with Crippen molar-refractivity contribution < 1.29 is 14.3 Å². The van der Waals surface area contributed by atoms with Gasteiger partial charge >= 0.3 is 5.97 Å². The molecule has 0 radical (unpaired) electrons. The van der Waals surface area contributed by atoms with Gasteiger partial charge < -0.3 is 10.1 Å². The summed E-state index contributed by atoms with van der Waals surface area (Å²) < 4.78 is 4.94. The second kappa shape index (κ2) is 9.09. The van der Waals surface area contributed by atoms with E-state index in [0.717, 1.165) is 5.56 Å². The van der Waals surface area contributed by atoms with E-state index in [-0.39, 0.29) is 29.5 Å². The summed E-state index contributed by atoms with van der Waals surface area (Å²) in [6.45, 7) is 1.95. The van der Waals surface area contributed by atoms with Gasteiger partial charge in [-0.1, -0.05) is 40.9 Å². The minimum absolute atomic E-state index is 0.195. The van der Waals surface area contributed by atoms with Crippen molar-refractivity contribution >= 4 is 52.4 Å². The molecule has 0 aromatic heterocycles. The first-order chi connectivity index (χ1) is 11.9. The topological polar surface area (TPSA) is 55.4 Å². The lowest BCUT2D eigenvalue weighted by atomic mass is 10.1. The summed E-state index contributed by atoms with van der Waals surface area (Å²) in [5, 5.41) is 4.04. The molecule has 0 spiro atoms. The third-order valence-electron chi connectivity index (χ3n) is 3.41. The predicted molar refractivity (Wildman–Crippen MR) is 101 cm³/mol. The zero-order valence-electron chi connectivity index (χ0n) is 13.4. The fourth-order valence-corrected chi connectivity index (χ4v) is 2.98. The van der Waals surface area contributed by atoms with Crippen LogP contribution in [0, 0.1) is 0 Å². The normalized spacial score (nSPS) is 10.4. The average Bonchev–Trinajstić information content (AvgIpc) is 2.56. The van der Waals surface area contributed by atoms with Gasteiger partial charge in [-0.3, -0.25) is 4.79 Å². The van der Waals surface area contributed by atoms with Crippen LogP contribution in [0.15, 0.2) is 36.4 Å². The highest BCUT2D eigenvalue weighted by Gasteiger charge is 2.14. The van der Waals surface area contributed by atoms with Crippen molar-refractivity contribution in [2.45, 2.75) is 19.8 Å². The SMILES string of the molecule is CCOC(=O)c1cc(NC(=O)CCc2c(Cl)cccc2Cl)ccc1Cl. The second-order valence-corrected chi connectivity index (χ2v) is 6.39. The first kappa shape index (κ1) is 19.6. The summed E-state index contributed by atoms with van der Waals surface area (Å²) >= 11 is 18.2. The molecule has 4 nitrogen and oxygen atoms in total. The molecule has 0 unspecified atom stereocenters. The molecule has 132 valence electrons. The van der Waals surface area contributed by atoms with Crippen LogP contribution in [0.2, 0.25) is 15.1 Å². The van der Waals surface area contributed by atoms with Gasteiger partial charge in [0.25, 0.3) is 0 Å². The Morgan fingerprint density at radius 2 is 1.72 bits per heavy atom. The average molecular weight is 401 g/mol.